The number of hydrogen-bond donors (Lipinski definition) is 5. The molecule has 2 amide bonds. The van der Waals surface area contributed by atoms with Crippen LogP contribution in [0, 0.1) is 0 Å². The predicted octanol–water partition coefficient (Wildman–Crippen LogP) is 1.39. The number of nitrogen functional groups attached to an aromatic ring is 1. The summed E-state index contributed by atoms with van der Waals surface area (Å²) in [6.07, 6.45) is 0.769. The number of rotatable bonds is 4. The lowest BCUT2D eigenvalue weighted by molar-refractivity contribution is -0.140. The van der Waals surface area contributed by atoms with Crippen LogP contribution in [0.25, 0.3) is 0 Å². The third-order valence-corrected chi connectivity index (χ3v) is 4.70. The molecule has 0 saturated carbocycles. The first-order chi connectivity index (χ1) is 12.4. The van der Waals surface area contributed by atoms with Crippen molar-refractivity contribution >= 4 is 40.5 Å². The molecular weight excluding hydrogens is 356 g/mol. The first-order valence-corrected chi connectivity index (χ1v) is 8.69. The van der Waals surface area contributed by atoms with Gasteiger partial charge in [-0.2, -0.15) is 0 Å². The van der Waals surface area contributed by atoms with Gasteiger partial charge in [-0.3, -0.25) is 9.59 Å². The molecule has 1 saturated heterocycles. The highest BCUT2D eigenvalue weighted by Gasteiger charge is 2.26. The van der Waals surface area contributed by atoms with Crippen LogP contribution in [-0.4, -0.2) is 28.9 Å². The second-order valence-corrected chi connectivity index (χ2v) is 6.68. The van der Waals surface area contributed by atoms with Gasteiger partial charge in [0.2, 0.25) is 5.91 Å². The lowest BCUT2D eigenvalue weighted by Gasteiger charge is -2.06. The molecule has 9 heteroatoms. The highest BCUT2D eigenvalue weighted by atomic mass is 32.1. The number of nitrogens with two attached hydrogens (primary N) is 2. The van der Waals surface area contributed by atoms with Crippen molar-refractivity contribution in [3.8, 4) is 0 Å². The van der Waals surface area contributed by atoms with Crippen LogP contribution in [0.5, 0.6) is 0 Å². The van der Waals surface area contributed by atoms with Crippen molar-refractivity contribution in [2.24, 2.45) is 5.73 Å². The minimum Gasteiger partial charge on any atom is -0.480 e. The van der Waals surface area contributed by atoms with Crippen molar-refractivity contribution in [3.05, 3.63) is 46.2 Å². The third-order valence-electron chi connectivity index (χ3n) is 3.59. The molecule has 1 fully saturated rings. The molecule has 2 heterocycles. The van der Waals surface area contributed by atoms with Gasteiger partial charge in [0.25, 0.3) is 5.91 Å². The molecule has 0 aliphatic carbocycles. The standard InChI is InChI=1S/C12H13N3OS.C5H7NO3/c13-7-8-5-6-11(17-8)12(16)15-10-4-2-1-3-9(10)14;7-4-2-1-3(6-4)5(8)9/h1-6H,7,13-14H2,(H,15,16);3H,1-2H2,(H,6,7)(H,8,9). The number of amides is 2. The summed E-state index contributed by atoms with van der Waals surface area (Å²) in [4.78, 5) is 34.0. The van der Waals surface area contributed by atoms with E-state index in [1.54, 1.807) is 18.2 Å². The van der Waals surface area contributed by atoms with E-state index in [1.165, 1.54) is 11.3 Å². The fourth-order valence-electron chi connectivity index (χ4n) is 2.20. The molecule has 7 N–H and O–H groups in total. The highest BCUT2D eigenvalue weighted by Crippen LogP contribution is 2.21. The lowest BCUT2D eigenvalue weighted by atomic mass is 10.2. The minimum atomic E-state index is -0.944. The van der Waals surface area contributed by atoms with Gasteiger partial charge in [-0.1, -0.05) is 12.1 Å². The first kappa shape index (κ1) is 19.4. The van der Waals surface area contributed by atoms with Gasteiger partial charge in [0.1, 0.15) is 6.04 Å². The average molecular weight is 376 g/mol. The Bertz CT molecular complexity index is 806. The molecule has 0 radical (unpaired) electrons. The topological polar surface area (TPSA) is 148 Å². The van der Waals surface area contributed by atoms with Gasteiger partial charge >= 0.3 is 5.97 Å². The van der Waals surface area contributed by atoms with Gasteiger partial charge in [0.15, 0.2) is 0 Å². The number of nitrogens with one attached hydrogen (secondary N) is 2. The molecule has 1 aliphatic heterocycles. The van der Waals surface area contributed by atoms with Crippen LogP contribution in [0.15, 0.2) is 36.4 Å². The molecular formula is C17H20N4O4S. The van der Waals surface area contributed by atoms with E-state index in [0.29, 0.717) is 35.6 Å². The van der Waals surface area contributed by atoms with Crippen LogP contribution in [-0.2, 0) is 16.1 Å². The lowest BCUT2D eigenvalue weighted by Crippen LogP contribution is -2.32. The first-order valence-electron chi connectivity index (χ1n) is 7.87. The Hall–Kier alpha value is -2.91. The zero-order valence-corrected chi connectivity index (χ0v) is 14.7. The van der Waals surface area contributed by atoms with E-state index < -0.39 is 12.0 Å². The molecule has 1 aliphatic rings. The van der Waals surface area contributed by atoms with Crippen LogP contribution in [0.2, 0.25) is 0 Å². The summed E-state index contributed by atoms with van der Waals surface area (Å²) in [6.45, 7) is 0.450. The quantitative estimate of drug-likeness (QED) is 0.509. The van der Waals surface area contributed by atoms with Crippen LogP contribution < -0.4 is 22.1 Å². The Labute approximate surface area is 154 Å². The van der Waals surface area contributed by atoms with Crippen molar-refractivity contribution in [1.29, 1.82) is 0 Å². The molecule has 8 nitrogen and oxygen atoms in total. The Kier molecular flexibility index (Phi) is 6.70. The number of carboxylic acids is 1. The second kappa shape index (κ2) is 8.97. The van der Waals surface area contributed by atoms with Crippen LogP contribution in [0.4, 0.5) is 11.4 Å². The number of anilines is 2. The number of carboxylic acid groups (broad SMARTS) is 1. The van der Waals surface area contributed by atoms with E-state index in [1.807, 2.05) is 18.2 Å². The smallest absolute Gasteiger partial charge is 0.326 e. The molecule has 1 atom stereocenters. The Morgan fingerprint density at radius 3 is 2.50 bits per heavy atom. The summed E-state index contributed by atoms with van der Waals surface area (Å²) in [7, 11) is 0. The molecule has 0 spiro atoms. The van der Waals surface area contributed by atoms with E-state index in [2.05, 4.69) is 10.6 Å². The summed E-state index contributed by atoms with van der Waals surface area (Å²) in [5.41, 5.74) is 12.4. The maximum atomic E-state index is 11.9. The number of para-hydroxylation sites is 2. The zero-order valence-electron chi connectivity index (χ0n) is 13.9. The van der Waals surface area contributed by atoms with Crippen LogP contribution in [0.3, 0.4) is 0 Å². The maximum absolute atomic E-state index is 11.9. The van der Waals surface area contributed by atoms with Crippen molar-refractivity contribution in [1.82, 2.24) is 5.32 Å². The number of carbonyl (C=O) groups is 3. The molecule has 1 aromatic carbocycles. The number of thiophene rings is 1. The second-order valence-electron chi connectivity index (χ2n) is 5.51. The van der Waals surface area contributed by atoms with Gasteiger partial charge in [0, 0.05) is 17.8 Å². The van der Waals surface area contributed by atoms with Crippen molar-refractivity contribution in [2.75, 3.05) is 11.1 Å². The Morgan fingerprint density at radius 1 is 1.27 bits per heavy atom. The summed E-state index contributed by atoms with van der Waals surface area (Å²) in [5.74, 6) is -1.27. The van der Waals surface area contributed by atoms with Crippen molar-refractivity contribution in [2.45, 2.75) is 25.4 Å². The van der Waals surface area contributed by atoms with Crippen LogP contribution >= 0.6 is 11.3 Å². The predicted molar refractivity (Wildman–Crippen MR) is 99.8 cm³/mol. The van der Waals surface area contributed by atoms with E-state index in [-0.39, 0.29) is 11.8 Å². The molecule has 2 aromatic rings. The maximum Gasteiger partial charge on any atom is 0.326 e. The summed E-state index contributed by atoms with van der Waals surface area (Å²) in [6, 6.07) is 10.1. The number of hydrogen-bond acceptors (Lipinski definition) is 6. The fourth-order valence-corrected chi connectivity index (χ4v) is 2.99. The zero-order chi connectivity index (χ0) is 19.1. The molecule has 26 heavy (non-hydrogen) atoms. The molecule has 1 unspecified atom stereocenters. The van der Waals surface area contributed by atoms with E-state index >= 15 is 0 Å². The monoisotopic (exact) mass is 376 g/mol. The largest absolute Gasteiger partial charge is 0.480 e. The summed E-state index contributed by atoms with van der Waals surface area (Å²) in [5, 5.41) is 13.4. The number of benzene rings is 1. The van der Waals surface area contributed by atoms with Crippen molar-refractivity contribution in [3.63, 3.8) is 0 Å². The average Bonchev–Trinajstić information content (AvgIpc) is 3.26. The van der Waals surface area contributed by atoms with Gasteiger partial charge in [-0.15, -0.1) is 11.3 Å². The van der Waals surface area contributed by atoms with E-state index in [4.69, 9.17) is 16.6 Å². The molecule has 0 bridgehead atoms. The molecule has 138 valence electrons. The number of carbonyl (C=O) groups excluding carboxylic acids is 2. The summed E-state index contributed by atoms with van der Waals surface area (Å²) < 4.78 is 0. The normalized spacial score (nSPS) is 15.6. The van der Waals surface area contributed by atoms with E-state index in [0.717, 1.165) is 4.88 Å². The number of aliphatic carboxylic acids is 1. The van der Waals surface area contributed by atoms with E-state index in [9.17, 15) is 14.4 Å². The van der Waals surface area contributed by atoms with Crippen LogP contribution in [0.1, 0.15) is 27.4 Å². The Balaban J connectivity index is 0.000000228. The SMILES string of the molecule is NCc1ccc(C(=O)Nc2ccccc2N)s1.O=C1CCC(C(=O)O)N1. The minimum absolute atomic E-state index is 0.160. The summed E-state index contributed by atoms with van der Waals surface area (Å²) >= 11 is 1.39. The molecule has 3 rings (SSSR count). The highest BCUT2D eigenvalue weighted by molar-refractivity contribution is 7.14. The van der Waals surface area contributed by atoms with Gasteiger partial charge in [0.05, 0.1) is 16.3 Å². The fraction of sp³-hybridized carbons (Fsp3) is 0.235. The van der Waals surface area contributed by atoms with Crippen molar-refractivity contribution < 1.29 is 19.5 Å². The molecule has 1 aromatic heterocycles. The van der Waals surface area contributed by atoms with Gasteiger partial charge in [-0.25, -0.2) is 4.79 Å². The Morgan fingerprint density at radius 2 is 2.00 bits per heavy atom. The van der Waals surface area contributed by atoms with Gasteiger partial charge < -0.3 is 27.2 Å². The van der Waals surface area contributed by atoms with Gasteiger partial charge in [-0.05, 0) is 30.7 Å². The third kappa shape index (κ3) is 5.30.